The number of rotatable bonds is 3. The lowest BCUT2D eigenvalue weighted by Crippen LogP contribution is -2.48. The van der Waals surface area contributed by atoms with Gasteiger partial charge in [-0.2, -0.15) is 4.31 Å². The quantitative estimate of drug-likeness (QED) is 0.621. The van der Waals surface area contributed by atoms with Gasteiger partial charge in [0.2, 0.25) is 10.0 Å². The fourth-order valence-electron chi connectivity index (χ4n) is 1.99. The van der Waals surface area contributed by atoms with E-state index in [4.69, 9.17) is 10.5 Å². The maximum Gasteiger partial charge on any atom is 0.336 e. The van der Waals surface area contributed by atoms with E-state index in [9.17, 15) is 17.6 Å². The van der Waals surface area contributed by atoms with Crippen LogP contribution in [0.2, 0.25) is 0 Å². The van der Waals surface area contributed by atoms with Crippen LogP contribution in [0.1, 0.15) is 0 Å². The van der Waals surface area contributed by atoms with Crippen molar-refractivity contribution in [1.29, 1.82) is 0 Å². The van der Waals surface area contributed by atoms with Crippen LogP contribution in [0.25, 0.3) is 0 Å². The minimum atomic E-state index is -4.01. The van der Waals surface area contributed by atoms with Crippen molar-refractivity contribution in [2.45, 2.75) is 11.0 Å². The summed E-state index contributed by atoms with van der Waals surface area (Å²) in [4.78, 5) is 11.1. The van der Waals surface area contributed by atoms with E-state index in [1.54, 1.807) is 0 Å². The molecule has 1 atom stereocenters. The lowest BCUT2D eigenvalue weighted by Gasteiger charge is -2.30. The molecule has 9 heteroatoms. The zero-order valence-corrected chi connectivity index (χ0v) is 12.1. The number of hydrogen-bond acceptors (Lipinski definition) is 6. The molecule has 7 nitrogen and oxygen atoms in total. The highest BCUT2D eigenvalue weighted by Crippen LogP contribution is 2.25. The molecule has 0 aliphatic carbocycles. The molecular formula is C12H15FN2O5S. The Kier molecular flexibility index (Phi) is 4.45. The van der Waals surface area contributed by atoms with Gasteiger partial charge in [0.25, 0.3) is 0 Å². The van der Waals surface area contributed by atoms with Crippen molar-refractivity contribution in [2.75, 3.05) is 32.5 Å². The molecule has 1 heterocycles. The Hall–Kier alpha value is -1.71. The number of esters is 1. The molecule has 2 N–H and O–H groups in total. The first-order valence-corrected chi connectivity index (χ1v) is 7.55. The van der Waals surface area contributed by atoms with Crippen molar-refractivity contribution >= 4 is 21.7 Å². The van der Waals surface area contributed by atoms with Crippen molar-refractivity contribution in [3.63, 3.8) is 0 Å². The molecule has 0 spiro atoms. The van der Waals surface area contributed by atoms with Crippen molar-refractivity contribution in [2.24, 2.45) is 0 Å². The van der Waals surface area contributed by atoms with E-state index in [2.05, 4.69) is 4.74 Å². The summed E-state index contributed by atoms with van der Waals surface area (Å²) in [6.45, 7) is -0.120. The smallest absolute Gasteiger partial charge is 0.336 e. The fourth-order valence-corrected chi connectivity index (χ4v) is 3.54. The predicted molar refractivity (Wildman–Crippen MR) is 71.3 cm³/mol. The number of benzene rings is 1. The highest BCUT2D eigenvalue weighted by Gasteiger charge is 2.35. The number of carbonyl (C=O) groups is 1. The molecule has 0 saturated carbocycles. The lowest BCUT2D eigenvalue weighted by molar-refractivity contribution is -0.157. The third kappa shape index (κ3) is 3.14. The Bertz CT molecular complexity index is 649. The van der Waals surface area contributed by atoms with Gasteiger partial charge in [0.05, 0.1) is 25.9 Å². The summed E-state index contributed by atoms with van der Waals surface area (Å²) in [6.07, 6.45) is -1.01. The summed E-state index contributed by atoms with van der Waals surface area (Å²) in [5.41, 5.74) is 5.55. The van der Waals surface area contributed by atoms with Crippen molar-refractivity contribution < 1.29 is 27.1 Å². The van der Waals surface area contributed by atoms with Gasteiger partial charge < -0.3 is 15.2 Å². The van der Waals surface area contributed by atoms with E-state index in [1.807, 2.05) is 0 Å². The molecule has 116 valence electrons. The molecule has 0 aromatic heterocycles. The van der Waals surface area contributed by atoms with Gasteiger partial charge in [-0.05, 0) is 18.2 Å². The number of methoxy groups -OCH3 is 1. The zero-order valence-electron chi connectivity index (χ0n) is 11.3. The molecule has 1 unspecified atom stereocenters. The minimum absolute atomic E-state index is 0.0359. The second-order valence-electron chi connectivity index (χ2n) is 4.43. The molecule has 1 aromatic rings. The van der Waals surface area contributed by atoms with Crippen LogP contribution in [-0.4, -0.2) is 51.6 Å². The number of nitrogen functional groups attached to an aromatic ring is 1. The maximum absolute atomic E-state index is 13.3. The van der Waals surface area contributed by atoms with Crippen LogP contribution in [-0.2, 0) is 24.3 Å². The Morgan fingerprint density at radius 1 is 1.52 bits per heavy atom. The third-order valence-corrected chi connectivity index (χ3v) is 5.01. The second kappa shape index (κ2) is 5.96. The van der Waals surface area contributed by atoms with Crippen LogP contribution in [0.3, 0.4) is 0 Å². The average molecular weight is 318 g/mol. The number of nitrogens with zero attached hydrogens (tertiary/aromatic N) is 1. The van der Waals surface area contributed by atoms with Crippen LogP contribution >= 0.6 is 0 Å². The van der Waals surface area contributed by atoms with Gasteiger partial charge in [-0.25, -0.2) is 17.6 Å². The SMILES string of the molecule is COC(=O)C1CN(S(=O)(=O)c2cc(F)ccc2N)CCO1. The Morgan fingerprint density at radius 3 is 2.90 bits per heavy atom. The lowest BCUT2D eigenvalue weighted by atomic mass is 10.3. The van der Waals surface area contributed by atoms with E-state index in [-0.39, 0.29) is 30.3 Å². The summed E-state index contributed by atoms with van der Waals surface area (Å²) in [7, 11) is -2.83. The number of halogens is 1. The van der Waals surface area contributed by atoms with Gasteiger partial charge in [0.15, 0.2) is 6.10 Å². The zero-order chi connectivity index (χ0) is 15.6. The summed E-state index contributed by atoms with van der Waals surface area (Å²) in [5, 5.41) is 0. The normalized spacial score (nSPS) is 20.2. The van der Waals surface area contributed by atoms with E-state index in [0.29, 0.717) is 0 Å². The van der Waals surface area contributed by atoms with E-state index >= 15 is 0 Å². The monoisotopic (exact) mass is 318 g/mol. The first kappa shape index (κ1) is 15.7. The average Bonchev–Trinajstić information content (AvgIpc) is 2.49. The summed E-state index contributed by atoms with van der Waals surface area (Å²) in [5.74, 6) is -1.37. The number of hydrogen-bond donors (Lipinski definition) is 1. The molecule has 1 saturated heterocycles. The van der Waals surface area contributed by atoms with Crippen molar-refractivity contribution in [3.8, 4) is 0 Å². The van der Waals surface area contributed by atoms with Crippen LogP contribution in [0.4, 0.5) is 10.1 Å². The molecule has 21 heavy (non-hydrogen) atoms. The number of nitrogens with two attached hydrogens (primary N) is 1. The molecule has 0 amide bonds. The van der Waals surface area contributed by atoms with Crippen molar-refractivity contribution in [1.82, 2.24) is 4.31 Å². The first-order chi connectivity index (χ1) is 9.86. The highest BCUT2D eigenvalue weighted by atomic mass is 32.2. The van der Waals surface area contributed by atoms with Crippen LogP contribution in [0.5, 0.6) is 0 Å². The standard InChI is InChI=1S/C12H15FN2O5S/c1-19-12(16)10-7-15(4-5-20-10)21(17,18)11-6-8(13)2-3-9(11)14/h2-3,6,10H,4-5,7,14H2,1H3. The molecule has 1 fully saturated rings. The van der Waals surface area contributed by atoms with Crippen LogP contribution in [0, 0.1) is 5.82 Å². The molecule has 0 radical (unpaired) electrons. The number of sulfonamides is 1. The van der Waals surface area contributed by atoms with Gasteiger partial charge in [0, 0.05) is 6.54 Å². The summed E-state index contributed by atoms with van der Waals surface area (Å²) >= 11 is 0. The number of morpholine rings is 1. The van der Waals surface area contributed by atoms with Crippen LogP contribution < -0.4 is 5.73 Å². The van der Waals surface area contributed by atoms with Gasteiger partial charge in [-0.15, -0.1) is 0 Å². The van der Waals surface area contributed by atoms with E-state index in [1.165, 1.54) is 13.2 Å². The van der Waals surface area contributed by atoms with E-state index < -0.39 is 27.9 Å². The second-order valence-corrected chi connectivity index (χ2v) is 6.33. The Balaban J connectivity index is 2.31. The first-order valence-electron chi connectivity index (χ1n) is 6.11. The summed E-state index contributed by atoms with van der Waals surface area (Å²) in [6, 6.07) is 3.11. The molecule has 0 bridgehead atoms. The Morgan fingerprint density at radius 2 is 2.24 bits per heavy atom. The molecule has 1 aromatic carbocycles. The number of ether oxygens (including phenoxy) is 2. The molecule has 2 rings (SSSR count). The van der Waals surface area contributed by atoms with Gasteiger partial charge in [-0.1, -0.05) is 0 Å². The van der Waals surface area contributed by atoms with Gasteiger partial charge in [0.1, 0.15) is 10.7 Å². The Labute approximate surface area is 121 Å². The van der Waals surface area contributed by atoms with Crippen LogP contribution in [0.15, 0.2) is 23.1 Å². The summed E-state index contributed by atoms with van der Waals surface area (Å²) < 4.78 is 49.0. The molecule has 1 aliphatic rings. The molecule has 1 aliphatic heterocycles. The van der Waals surface area contributed by atoms with Gasteiger partial charge >= 0.3 is 5.97 Å². The number of anilines is 1. The number of carbonyl (C=O) groups excluding carboxylic acids is 1. The predicted octanol–water partition coefficient (Wildman–Crippen LogP) is -0.0296. The third-order valence-electron chi connectivity index (χ3n) is 3.09. The van der Waals surface area contributed by atoms with Crippen molar-refractivity contribution in [3.05, 3.63) is 24.0 Å². The topological polar surface area (TPSA) is 98.9 Å². The largest absolute Gasteiger partial charge is 0.467 e. The van der Waals surface area contributed by atoms with Gasteiger partial charge in [-0.3, -0.25) is 0 Å². The molecular weight excluding hydrogens is 303 g/mol. The maximum atomic E-state index is 13.3. The fraction of sp³-hybridized carbons (Fsp3) is 0.417. The van der Waals surface area contributed by atoms with E-state index in [0.717, 1.165) is 16.4 Å². The highest BCUT2D eigenvalue weighted by molar-refractivity contribution is 7.89. The minimum Gasteiger partial charge on any atom is -0.467 e.